The minimum atomic E-state index is -0.151. The van der Waals surface area contributed by atoms with Gasteiger partial charge in [-0.15, -0.1) is 11.8 Å². The molecule has 1 aliphatic heterocycles. The quantitative estimate of drug-likeness (QED) is 0.885. The predicted octanol–water partition coefficient (Wildman–Crippen LogP) is 3.96. The number of thioether (sulfide) groups is 1. The van der Waals surface area contributed by atoms with Crippen LogP contribution in [0.3, 0.4) is 0 Å². The topological polar surface area (TPSA) is 58.6 Å². The first-order valence-electron chi connectivity index (χ1n) is 8.48. The standard InChI is InChI=1S/C20H22N2O3S/c1-13(15-6-4-5-7-17(15)25-3)22(2)20(24)14-8-9-18-16(12-14)21-19(23)10-11-26-18/h4-9,12-13H,10-11H2,1-3H3,(H,21,23). The molecule has 0 saturated carbocycles. The third kappa shape index (κ3) is 3.70. The van der Waals surface area contributed by atoms with Crippen LogP contribution in [0.25, 0.3) is 0 Å². The third-order valence-corrected chi connectivity index (χ3v) is 5.65. The van der Waals surface area contributed by atoms with Crippen molar-refractivity contribution in [2.24, 2.45) is 0 Å². The molecule has 136 valence electrons. The molecule has 0 radical (unpaired) electrons. The average molecular weight is 370 g/mol. The first-order chi connectivity index (χ1) is 12.5. The predicted molar refractivity (Wildman–Crippen MR) is 104 cm³/mol. The van der Waals surface area contributed by atoms with Crippen LogP contribution in [0.4, 0.5) is 5.69 Å². The highest BCUT2D eigenvalue weighted by atomic mass is 32.2. The number of carbonyl (C=O) groups excluding carboxylic acids is 2. The molecule has 1 N–H and O–H groups in total. The monoisotopic (exact) mass is 370 g/mol. The lowest BCUT2D eigenvalue weighted by Crippen LogP contribution is -2.30. The molecule has 2 aromatic rings. The van der Waals surface area contributed by atoms with Crippen molar-refractivity contribution in [3.63, 3.8) is 0 Å². The molecule has 1 aliphatic rings. The van der Waals surface area contributed by atoms with Crippen molar-refractivity contribution in [1.82, 2.24) is 4.90 Å². The Hall–Kier alpha value is -2.47. The van der Waals surface area contributed by atoms with Gasteiger partial charge in [-0.2, -0.15) is 0 Å². The Bertz CT molecular complexity index is 838. The van der Waals surface area contributed by atoms with E-state index in [9.17, 15) is 9.59 Å². The molecule has 0 bridgehead atoms. The summed E-state index contributed by atoms with van der Waals surface area (Å²) < 4.78 is 5.41. The van der Waals surface area contributed by atoms with Gasteiger partial charge in [0.1, 0.15) is 5.75 Å². The van der Waals surface area contributed by atoms with Crippen molar-refractivity contribution < 1.29 is 14.3 Å². The molecule has 0 fully saturated rings. The zero-order chi connectivity index (χ0) is 18.7. The molecule has 0 spiro atoms. The number of rotatable bonds is 4. The fourth-order valence-electron chi connectivity index (χ4n) is 2.95. The maximum Gasteiger partial charge on any atom is 0.254 e. The summed E-state index contributed by atoms with van der Waals surface area (Å²) in [6.45, 7) is 1.97. The molecule has 1 atom stereocenters. The zero-order valence-corrected chi connectivity index (χ0v) is 15.9. The smallest absolute Gasteiger partial charge is 0.254 e. The molecule has 1 unspecified atom stereocenters. The Morgan fingerprint density at radius 3 is 2.81 bits per heavy atom. The Morgan fingerprint density at radius 2 is 2.04 bits per heavy atom. The number of amides is 2. The normalized spacial score (nSPS) is 14.7. The highest BCUT2D eigenvalue weighted by molar-refractivity contribution is 7.99. The number of fused-ring (bicyclic) bond motifs is 1. The first kappa shape index (κ1) is 18.3. The lowest BCUT2D eigenvalue weighted by atomic mass is 10.0. The van der Waals surface area contributed by atoms with Crippen LogP contribution in [0.1, 0.15) is 35.3 Å². The van der Waals surface area contributed by atoms with Crippen molar-refractivity contribution >= 4 is 29.3 Å². The van der Waals surface area contributed by atoms with Gasteiger partial charge in [0, 0.05) is 35.2 Å². The number of hydrogen-bond acceptors (Lipinski definition) is 4. The third-order valence-electron chi connectivity index (χ3n) is 4.58. The summed E-state index contributed by atoms with van der Waals surface area (Å²) in [5.41, 5.74) is 2.21. The van der Waals surface area contributed by atoms with Gasteiger partial charge in [-0.3, -0.25) is 9.59 Å². The van der Waals surface area contributed by atoms with E-state index >= 15 is 0 Å². The number of methoxy groups -OCH3 is 1. The maximum atomic E-state index is 13.0. The fraction of sp³-hybridized carbons (Fsp3) is 0.300. The van der Waals surface area contributed by atoms with E-state index in [1.807, 2.05) is 43.3 Å². The highest BCUT2D eigenvalue weighted by Gasteiger charge is 2.23. The van der Waals surface area contributed by atoms with E-state index < -0.39 is 0 Å². The van der Waals surface area contributed by atoms with Crippen molar-refractivity contribution in [1.29, 1.82) is 0 Å². The molecule has 1 heterocycles. The summed E-state index contributed by atoms with van der Waals surface area (Å²) in [7, 11) is 3.40. The van der Waals surface area contributed by atoms with Gasteiger partial charge in [-0.25, -0.2) is 0 Å². The molecule has 5 nitrogen and oxygen atoms in total. The molecule has 0 aromatic heterocycles. The molecule has 6 heteroatoms. The average Bonchev–Trinajstić information content (AvgIpc) is 2.85. The van der Waals surface area contributed by atoms with Crippen LogP contribution in [-0.4, -0.2) is 36.6 Å². The molecule has 2 amide bonds. The summed E-state index contributed by atoms with van der Waals surface area (Å²) in [6, 6.07) is 13.0. The number of carbonyl (C=O) groups is 2. The van der Waals surface area contributed by atoms with E-state index in [1.54, 1.807) is 36.9 Å². The Labute approximate surface area is 157 Å². The minimum Gasteiger partial charge on any atom is -0.496 e. The van der Waals surface area contributed by atoms with Crippen molar-refractivity contribution in [3.8, 4) is 5.75 Å². The van der Waals surface area contributed by atoms with Gasteiger partial charge < -0.3 is 15.0 Å². The second-order valence-corrected chi connectivity index (χ2v) is 7.33. The molecule has 0 saturated heterocycles. The molecule has 0 aliphatic carbocycles. The van der Waals surface area contributed by atoms with Crippen LogP contribution in [0.5, 0.6) is 5.75 Å². The number of nitrogens with one attached hydrogen (secondary N) is 1. The second kappa shape index (κ2) is 7.83. The van der Waals surface area contributed by atoms with Crippen LogP contribution in [0.15, 0.2) is 47.4 Å². The lowest BCUT2D eigenvalue weighted by molar-refractivity contribution is -0.115. The summed E-state index contributed by atoms with van der Waals surface area (Å²) in [5, 5.41) is 2.89. The van der Waals surface area contributed by atoms with Gasteiger partial charge in [0.2, 0.25) is 5.91 Å². The first-order valence-corrected chi connectivity index (χ1v) is 9.46. The number of anilines is 1. The maximum absolute atomic E-state index is 13.0. The van der Waals surface area contributed by atoms with E-state index in [0.29, 0.717) is 17.7 Å². The molecule has 2 aromatic carbocycles. The largest absolute Gasteiger partial charge is 0.496 e. The molecule has 3 rings (SSSR count). The summed E-state index contributed by atoms with van der Waals surface area (Å²) in [4.78, 5) is 27.4. The van der Waals surface area contributed by atoms with E-state index in [4.69, 9.17) is 4.74 Å². The van der Waals surface area contributed by atoms with Gasteiger partial charge >= 0.3 is 0 Å². The van der Waals surface area contributed by atoms with Crippen LogP contribution < -0.4 is 10.1 Å². The SMILES string of the molecule is COc1ccccc1C(C)N(C)C(=O)c1ccc2c(c1)NC(=O)CCS2. The van der Waals surface area contributed by atoms with Gasteiger partial charge in [-0.05, 0) is 31.2 Å². The van der Waals surface area contributed by atoms with E-state index in [-0.39, 0.29) is 17.9 Å². The van der Waals surface area contributed by atoms with Crippen LogP contribution >= 0.6 is 11.8 Å². The van der Waals surface area contributed by atoms with Gasteiger partial charge in [0.05, 0.1) is 18.8 Å². The number of benzene rings is 2. The number of para-hydroxylation sites is 1. The van der Waals surface area contributed by atoms with Crippen molar-refractivity contribution in [3.05, 3.63) is 53.6 Å². The molecule has 26 heavy (non-hydrogen) atoms. The minimum absolute atomic E-state index is 0.0170. The Morgan fingerprint density at radius 1 is 1.27 bits per heavy atom. The summed E-state index contributed by atoms with van der Waals surface area (Å²) in [6.07, 6.45) is 0.480. The molecular formula is C20H22N2O3S. The second-order valence-electron chi connectivity index (χ2n) is 6.19. The van der Waals surface area contributed by atoms with E-state index in [1.165, 1.54) is 0 Å². The lowest BCUT2D eigenvalue weighted by Gasteiger charge is -2.27. The van der Waals surface area contributed by atoms with E-state index in [2.05, 4.69) is 5.32 Å². The zero-order valence-electron chi connectivity index (χ0n) is 15.1. The van der Waals surface area contributed by atoms with Gasteiger partial charge in [-0.1, -0.05) is 18.2 Å². The number of ether oxygens (including phenoxy) is 1. The van der Waals surface area contributed by atoms with Gasteiger partial charge in [0.15, 0.2) is 0 Å². The fourth-order valence-corrected chi connectivity index (χ4v) is 3.89. The summed E-state index contributed by atoms with van der Waals surface area (Å²) in [5.74, 6) is 1.38. The van der Waals surface area contributed by atoms with Crippen LogP contribution in [-0.2, 0) is 4.79 Å². The van der Waals surface area contributed by atoms with Crippen molar-refractivity contribution in [2.45, 2.75) is 24.3 Å². The molecular weight excluding hydrogens is 348 g/mol. The van der Waals surface area contributed by atoms with E-state index in [0.717, 1.165) is 22.0 Å². The van der Waals surface area contributed by atoms with Gasteiger partial charge in [0.25, 0.3) is 5.91 Å². The van der Waals surface area contributed by atoms with Crippen LogP contribution in [0, 0.1) is 0 Å². The summed E-state index contributed by atoms with van der Waals surface area (Å²) >= 11 is 1.63. The Kier molecular flexibility index (Phi) is 5.52. The Balaban J connectivity index is 1.85. The highest BCUT2D eigenvalue weighted by Crippen LogP contribution is 2.33. The number of hydrogen-bond donors (Lipinski definition) is 1. The van der Waals surface area contributed by atoms with Crippen LogP contribution in [0.2, 0.25) is 0 Å². The number of nitrogens with zero attached hydrogens (tertiary/aromatic N) is 1. The van der Waals surface area contributed by atoms with Crippen molar-refractivity contribution in [2.75, 3.05) is 25.2 Å².